The Balaban J connectivity index is 2.41. The number of aromatic nitrogens is 1. The molecule has 6 nitrogen and oxygen atoms in total. The predicted molar refractivity (Wildman–Crippen MR) is 45.2 cm³/mol. The van der Waals surface area contributed by atoms with Gasteiger partial charge in [-0.3, -0.25) is 5.32 Å². The van der Waals surface area contributed by atoms with Gasteiger partial charge in [0, 0.05) is 19.7 Å². The van der Waals surface area contributed by atoms with E-state index in [9.17, 15) is 4.79 Å². The van der Waals surface area contributed by atoms with Crippen LogP contribution in [0.25, 0.3) is 0 Å². The van der Waals surface area contributed by atoms with Crippen molar-refractivity contribution in [1.29, 1.82) is 0 Å². The first kappa shape index (κ1) is 9.53. The summed E-state index contributed by atoms with van der Waals surface area (Å²) in [6.07, 6.45) is 1.36. The Labute approximate surface area is 75.1 Å². The highest BCUT2D eigenvalue weighted by Crippen LogP contribution is 2.01. The first-order chi connectivity index (χ1) is 6.24. The molecule has 2 N–H and O–H groups in total. The number of carbonyl (C=O) groups excluding carboxylic acids is 1. The summed E-state index contributed by atoms with van der Waals surface area (Å²) in [4.78, 5) is 12.6. The van der Waals surface area contributed by atoms with Crippen molar-refractivity contribution in [2.24, 2.45) is 0 Å². The van der Waals surface area contributed by atoms with Gasteiger partial charge in [0.05, 0.1) is 6.61 Å². The van der Waals surface area contributed by atoms with Crippen LogP contribution in [0.2, 0.25) is 0 Å². The van der Waals surface area contributed by atoms with E-state index >= 15 is 0 Å². The second-order valence-corrected chi connectivity index (χ2v) is 2.46. The Kier molecular flexibility index (Phi) is 3.27. The molecule has 0 atom stereocenters. The summed E-state index contributed by atoms with van der Waals surface area (Å²) in [6, 6.07) is 1.20. The van der Waals surface area contributed by atoms with Gasteiger partial charge in [-0.05, 0) is 0 Å². The molecular weight excluding hydrogens is 174 g/mol. The maximum Gasteiger partial charge on any atom is 0.322 e. The molecule has 0 aliphatic rings. The van der Waals surface area contributed by atoms with Gasteiger partial charge in [0.15, 0.2) is 5.82 Å². The molecule has 2 amide bonds. The number of nitrogens with one attached hydrogen (secondary N) is 1. The Morgan fingerprint density at radius 3 is 3.15 bits per heavy atom. The van der Waals surface area contributed by atoms with Crippen LogP contribution < -0.4 is 5.32 Å². The highest BCUT2D eigenvalue weighted by molar-refractivity contribution is 5.87. The van der Waals surface area contributed by atoms with Crippen LogP contribution in [0.5, 0.6) is 0 Å². The van der Waals surface area contributed by atoms with Crippen LogP contribution in [0.1, 0.15) is 0 Å². The monoisotopic (exact) mass is 185 g/mol. The van der Waals surface area contributed by atoms with Crippen LogP contribution in [-0.4, -0.2) is 41.4 Å². The van der Waals surface area contributed by atoms with Crippen molar-refractivity contribution in [3.63, 3.8) is 0 Å². The summed E-state index contributed by atoms with van der Waals surface area (Å²) in [5, 5.41) is 14.5. The molecule has 0 spiro atoms. The standard InChI is InChI=1S/C7H11N3O3/c1-10(3-4-11)7(12)8-6-2-5-13-9-6/h2,5,11H,3-4H2,1H3,(H,8,9,12). The molecule has 0 bridgehead atoms. The highest BCUT2D eigenvalue weighted by atomic mass is 16.5. The number of likely N-dealkylation sites (N-methyl/N-ethyl adjacent to an activating group) is 1. The number of anilines is 1. The molecule has 1 aromatic heterocycles. The molecule has 0 aliphatic heterocycles. The van der Waals surface area contributed by atoms with Crippen LogP contribution in [0.3, 0.4) is 0 Å². The third-order valence-electron chi connectivity index (χ3n) is 1.45. The minimum absolute atomic E-state index is 0.0667. The fourth-order valence-electron chi connectivity index (χ4n) is 0.734. The van der Waals surface area contributed by atoms with Crippen molar-refractivity contribution in [1.82, 2.24) is 10.1 Å². The number of rotatable bonds is 3. The Hall–Kier alpha value is -1.56. The number of aliphatic hydroxyl groups is 1. The lowest BCUT2D eigenvalue weighted by Crippen LogP contribution is -2.33. The molecule has 0 fully saturated rings. The molecule has 1 rings (SSSR count). The van der Waals surface area contributed by atoms with Crippen molar-refractivity contribution in [3.8, 4) is 0 Å². The van der Waals surface area contributed by atoms with Crippen molar-refractivity contribution in [2.75, 3.05) is 25.5 Å². The number of aliphatic hydroxyl groups excluding tert-OH is 1. The van der Waals surface area contributed by atoms with Crippen molar-refractivity contribution < 1.29 is 14.4 Å². The molecule has 1 aromatic rings. The van der Waals surface area contributed by atoms with E-state index in [2.05, 4.69) is 15.0 Å². The molecule has 0 radical (unpaired) electrons. The van der Waals surface area contributed by atoms with Crippen LogP contribution >= 0.6 is 0 Å². The average molecular weight is 185 g/mol. The normalized spacial score (nSPS) is 9.69. The lowest BCUT2D eigenvalue weighted by molar-refractivity contribution is 0.202. The zero-order valence-corrected chi connectivity index (χ0v) is 7.23. The summed E-state index contributed by atoms with van der Waals surface area (Å²) >= 11 is 0. The molecule has 6 heteroatoms. The smallest absolute Gasteiger partial charge is 0.322 e. The van der Waals surface area contributed by atoms with Gasteiger partial charge >= 0.3 is 6.03 Å². The van der Waals surface area contributed by atoms with Gasteiger partial charge < -0.3 is 14.5 Å². The molecule has 1 heterocycles. The molecule has 0 saturated carbocycles. The maximum absolute atomic E-state index is 11.2. The van der Waals surface area contributed by atoms with Gasteiger partial charge in [-0.25, -0.2) is 4.79 Å². The van der Waals surface area contributed by atoms with Crippen molar-refractivity contribution in [2.45, 2.75) is 0 Å². The summed E-state index contributed by atoms with van der Waals surface area (Å²) < 4.78 is 4.52. The fraction of sp³-hybridized carbons (Fsp3) is 0.429. The van der Waals surface area contributed by atoms with E-state index in [1.54, 1.807) is 7.05 Å². The molecular formula is C7H11N3O3. The highest BCUT2D eigenvalue weighted by Gasteiger charge is 2.08. The number of urea groups is 1. The number of nitrogens with zero attached hydrogens (tertiary/aromatic N) is 2. The van der Waals surface area contributed by atoms with E-state index in [0.29, 0.717) is 5.82 Å². The second-order valence-electron chi connectivity index (χ2n) is 2.46. The maximum atomic E-state index is 11.2. The Bertz CT molecular complexity index is 260. The van der Waals surface area contributed by atoms with E-state index in [4.69, 9.17) is 5.11 Å². The molecule has 13 heavy (non-hydrogen) atoms. The lowest BCUT2D eigenvalue weighted by Gasteiger charge is -2.14. The van der Waals surface area contributed by atoms with E-state index < -0.39 is 0 Å². The first-order valence-electron chi connectivity index (χ1n) is 3.77. The number of carbonyl (C=O) groups is 1. The molecule has 0 saturated heterocycles. The minimum atomic E-state index is -0.331. The van der Waals surface area contributed by atoms with E-state index in [-0.39, 0.29) is 19.2 Å². The van der Waals surface area contributed by atoms with E-state index in [1.165, 1.54) is 17.2 Å². The van der Waals surface area contributed by atoms with Crippen molar-refractivity contribution >= 4 is 11.8 Å². The molecule has 0 aromatic carbocycles. The van der Waals surface area contributed by atoms with Gasteiger partial charge in [0.2, 0.25) is 0 Å². The van der Waals surface area contributed by atoms with E-state index in [1.807, 2.05) is 0 Å². The van der Waals surface area contributed by atoms with Gasteiger partial charge in [0.25, 0.3) is 0 Å². The Morgan fingerprint density at radius 2 is 2.62 bits per heavy atom. The quantitative estimate of drug-likeness (QED) is 0.701. The third kappa shape index (κ3) is 2.75. The fourth-order valence-corrected chi connectivity index (χ4v) is 0.734. The van der Waals surface area contributed by atoms with Crippen LogP contribution in [0, 0.1) is 0 Å². The second kappa shape index (κ2) is 4.46. The zero-order chi connectivity index (χ0) is 9.68. The van der Waals surface area contributed by atoms with Gasteiger partial charge in [-0.2, -0.15) is 0 Å². The summed E-state index contributed by atoms with van der Waals surface area (Å²) in [5.41, 5.74) is 0. The molecule has 0 unspecified atom stereocenters. The predicted octanol–water partition coefficient (Wildman–Crippen LogP) is 0.131. The largest absolute Gasteiger partial charge is 0.395 e. The third-order valence-corrected chi connectivity index (χ3v) is 1.45. The minimum Gasteiger partial charge on any atom is -0.395 e. The zero-order valence-electron chi connectivity index (χ0n) is 7.23. The molecule has 72 valence electrons. The lowest BCUT2D eigenvalue weighted by atomic mass is 10.6. The number of hydrogen-bond donors (Lipinski definition) is 2. The van der Waals surface area contributed by atoms with Gasteiger partial charge in [-0.1, -0.05) is 5.16 Å². The van der Waals surface area contributed by atoms with Crippen LogP contribution in [0.15, 0.2) is 16.9 Å². The van der Waals surface area contributed by atoms with Gasteiger partial charge in [0.1, 0.15) is 6.26 Å². The van der Waals surface area contributed by atoms with Gasteiger partial charge in [-0.15, -0.1) is 0 Å². The number of hydrogen-bond acceptors (Lipinski definition) is 4. The van der Waals surface area contributed by atoms with Crippen LogP contribution in [0.4, 0.5) is 10.6 Å². The summed E-state index contributed by atoms with van der Waals surface area (Å²) in [6.45, 7) is 0.215. The number of amides is 2. The average Bonchev–Trinajstić information content (AvgIpc) is 2.57. The molecule has 0 aliphatic carbocycles. The van der Waals surface area contributed by atoms with E-state index in [0.717, 1.165) is 0 Å². The Morgan fingerprint density at radius 1 is 1.85 bits per heavy atom. The summed E-state index contributed by atoms with van der Waals surface area (Å²) in [7, 11) is 1.58. The first-order valence-corrected chi connectivity index (χ1v) is 3.77. The van der Waals surface area contributed by atoms with Crippen molar-refractivity contribution in [3.05, 3.63) is 12.3 Å². The SMILES string of the molecule is CN(CCO)C(=O)Nc1ccon1. The summed E-state index contributed by atoms with van der Waals surface area (Å²) in [5.74, 6) is 0.356. The van der Waals surface area contributed by atoms with Crippen LogP contribution in [-0.2, 0) is 0 Å². The topological polar surface area (TPSA) is 78.6 Å².